The maximum atomic E-state index is 13.3. The first-order valence-corrected chi connectivity index (χ1v) is 11.5. The first-order valence-electron chi connectivity index (χ1n) is 10.1. The van der Waals surface area contributed by atoms with Crippen LogP contribution in [0.2, 0.25) is 0 Å². The third-order valence-electron chi connectivity index (χ3n) is 4.77. The standard InChI is InChI=1S/C21H25N3O7S/c1-15(2)8-9-23(14-21(25)22-16-4-3-5-17(12-16)24(26)27)32(28,29)18-6-7-19-20(13-18)31-11-10-30-19/h3-7,12-13,15H,8-11,14H2,1-2H3,(H,22,25). The number of nitrogens with zero attached hydrogens (tertiary/aromatic N) is 2. The van der Waals surface area contributed by atoms with Crippen molar-refractivity contribution in [3.63, 3.8) is 0 Å². The third kappa shape index (κ3) is 5.74. The van der Waals surface area contributed by atoms with Gasteiger partial charge in [0, 0.05) is 30.4 Å². The van der Waals surface area contributed by atoms with Gasteiger partial charge in [0.25, 0.3) is 5.69 Å². The van der Waals surface area contributed by atoms with Crippen LogP contribution in [0.4, 0.5) is 11.4 Å². The van der Waals surface area contributed by atoms with Gasteiger partial charge in [-0.05, 0) is 30.5 Å². The Bertz CT molecular complexity index is 1100. The molecular weight excluding hydrogens is 438 g/mol. The quantitative estimate of drug-likeness (QED) is 0.447. The fourth-order valence-electron chi connectivity index (χ4n) is 3.08. The summed E-state index contributed by atoms with van der Waals surface area (Å²) in [7, 11) is -4.01. The van der Waals surface area contributed by atoms with Crippen LogP contribution in [0.3, 0.4) is 0 Å². The van der Waals surface area contributed by atoms with Gasteiger partial charge in [-0.25, -0.2) is 8.42 Å². The van der Waals surface area contributed by atoms with Crippen molar-refractivity contribution in [2.45, 2.75) is 25.2 Å². The number of amides is 1. The van der Waals surface area contributed by atoms with Crippen molar-refractivity contribution in [2.75, 3.05) is 31.6 Å². The molecule has 2 aromatic rings. The van der Waals surface area contributed by atoms with Gasteiger partial charge in [-0.1, -0.05) is 19.9 Å². The van der Waals surface area contributed by atoms with Crippen LogP contribution in [0.5, 0.6) is 11.5 Å². The summed E-state index contributed by atoms with van der Waals surface area (Å²) in [5, 5.41) is 13.5. The Balaban J connectivity index is 1.81. The number of non-ortho nitro benzene ring substituents is 1. The third-order valence-corrected chi connectivity index (χ3v) is 6.61. The second-order valence-corrected chi connectivity index (χ2v) is 9.62. The van der Waals surface area contributed by atoms with E-state index in [1.807, 2.05) is 13.8 Å². The number of nitro benzene ring substituents is 1. The molecule has 0 saturated carbocycles. The van der Waals surface area contributed by atoms with Gasteiger partial charge in [0.05, 0.1) is 16.4 Å². The fraction of sp³-hybridized carbons (Fsp3) is 0.381. The minimum absolute atomic E-state index is 0.00587. The molecule has 0 fully saturated rings. The number of nitro groups is 1. The monoisotopic (exact) mass is 463 g/mol. The number of hydrogen-bond donors (Lipinski definition) is 1. The SMILES string of the molecule is CC(C)CCN(CC(=O)Nc1cccc([N+](=O)[O-])c1)S(=O)(=O)c1ccc2c(c1)OCCO2. The molecule has 10 nitrogen and oxygen atoms in total. The molecule has 0 bridgehead atoms. The van der Waals surface area contributed by atoms with E-state index in [0.717, 1.165) is 4.31 Å². The van der Waals surface area contributed by atoms with Crippen molar-refractivity contribution in [1.82, 2.24) is 4.31 Å². The normalized spacial score (nSPS) is 13.2. The van der Waals surface area contributed by atoms with Gasteiger partial charge in [0.15, 0.2) is 11.5 Å². The van der Waals surface area contributed by atoms with Crippen molar-refractivity contribution in [1.29, 1.82) is 0 Å². The summed E-state index contributed by atoms with van der Waals surface area (Å²) >= 11 is 0. The maximum Gasteiger partial charge on any atom is 0.271 e. The number of fused-ring (bicyclic) bond motifs is 1. The Labute approximate surface area is 186 Å². The summed E-state index contributed by atoms with van der Waals surface area (Å²) < 4.78 is 38.7. The Morgan fingerprint density at radius 1 is 1.16 bits per heavy atom. The van der Waals surface area contributed by atoms with Crippen molar-refractivity contribution in [3.8, 4) is 11.5 Å². The van der Waals surface area contributed by atoms with E-state index in [1.165, 1.54) is 42.5 Å². The van der Waals surface area contributed by atoms with E-state index in [4.69, 9.17) is 9.47 Å². The summed E-state index contributed by atoms with van der Waals surface area (Å²) in [5.74, 6) is 0.415. The predicted octanol–water partition coefficient (Wildman–Crippen LogP) is 3.04. The lowest BCUT2D eigenvalue weighted by Crippen LogP contribution is -2.39. The molecule has 11 heteroatoms. The van der Waals surface area contributed by atoms with Crippen molar-refractivity contribution >= 4 is 27.3 Å². The van der Waals surface area contributed by atoms with Crippen LogP contribution in [0, 0.1) is 16.0 Å². The minimum Gasteiger partial charge on any atom is -0.486 e. The molecule has 3 rings (SSSR count). The Hall–Kier alpha value is -3.18. The smallest absolute Gasteiger partial charge is 0.271 e. The van der Waals surface area contributed by atoms with Gasteiger partial charge in [-0.2, -0.15) is 4.31 Å². The Morgan fingerprint density at radius 3 is 2.56 bits per heavy atom. The first-order chi connectivity index (χ1) is 15.2. The van der Waals surface area contributed by atoms with E-state index in [1.54, 1.807) is 0 Å². The van der Waals surface area contributed by atoms with Gasteiger partial charge in [-0.3, -0.25) is 14.9 Å². The van der Waals surface area contributed by atoms with Crippen LogP contribution in [0.15, 0.2) is 47.4 Å². The Kier molecular flexibility index (Phi) is 7.31. The number of hydrogen-bond acceptors (Lipinski definition) is 7. The van der Waals surface area contributed by atoms with Gasteiger partial charge in [0.2, 0.25) is 15.9 Å². The second kappa shape index (κ2) is 9.96. The van der Waals surface area contributed by atoms with Crippen molar-refractivity contribution in [3.05, 3.63) is 52.6 Å². The molecule has 172 valence electrons. The fourth-order valence-corrected chi connectivity index (χ4v) is 4.50. The molecule has 0 saturated heterocycles. The highest BCUT2D eigenvalue weighted by Gasteiger charge is 2.28. The van der Waals surface area contributed by atoms with E-state index in [2.05, 4.69) is 5.32 Å². The van der Waals surface area contributed by atoms with E-state index in [0.29, 0.717) is 31.1 Å². The largest absolute Gasteiger partial charge is 0.486 e. The van der Waals surface area contributed by atoms with Gasteiger partial charge < -0.3 is 14.8 Å². The molecule has 32 heavy (non-hydrogen) atoms. The predicted molar refractivity (Wildman–Crippen MR) is 117 cm³/mol. The molecule has 0 spiro atoms. The highest BCUT2D eigenvalue weighted by atomic mass is 32.2. The summed E-state index contributed by atoms with van der Waals surface area (Å²) in [4.78, 5) is 23.0. The number of carbonyl (C=O) groups excluding carboxylic acids is 1. The van der Waals surface area contributed by atoms with Crippen LogP contribution in [-0.2, 0) is 14.8 Å². The van der Waals surface area contributed by atoms with Crippen LogP contribution < -0.4 is 14.8 Å². The van der Waals surface area contributed by atoms with Gasteiger partial charge in [-0.15, -0.1) is 0 Å². The second-order valence-electron chi connectivity index (χ2n) is 7.68. The average molecular weight is 464 g/mol. The molecule has 0 aromatic heterocycles. The Morgan fingerprint density at radius 2 is 1.88 bits per heavy atom. The van der Waals surface area contributed by atoms with Crippen LogP contribution in [0.25, 0.3) is 0 Å². The minimum atomic E-state index is -4.01. The molecule has 0 atom stereocenters. The highest BCUT2D eigenvalue weighted by molar-refractivity contribution is 7.89. The summed E-state index contributed by atoms with van der Waals surface area (Å²) in [6, 6.07) is 9.80. The number of rotatable bonds is 9. The van der Waals surface area contributed by atoms with Crippen LogP contribution in [0.1, 0.15) is 20.3 Å². The lowest BCUT2D eigenvalue weighted by molar-refractivity contribution is -0.384. The molecular formula is C21H25N3O7S. The van der Waals surface area contributed by atoms with E-state index in [-0.39, 0.29) is 28.7 Å². The van der Waals surface area contributed by atoms with E-state index >= 15 is 0 Å². The number of nitrogens with one attached hydrogen (secondary N) is 1. The van der Waals surface area contributed by atoms with Gasteiger partial charge >= 0.3 is 0 Å². The zero-order valence-corrected chi connectivity index (χ0v) is 18.6. The zero-order chi connectivity index (χ0) is 23.3. The molecule has 1 aliphatic rings. The number of anilines is 1. The molecule has 0 radical (unpaired) electrons. The summed E-state index contributed by atoms with van der Waals surface area (Å²) in [6.07, 6.45) is 0.549. The van der Waals surface area contributed by atoms with E-state index in [9.17, 15) is 23.3 Å². The first kappa shape index (κ1) is 23.5. The molecule has 1 N–H and O–H groups in total. The van der Waals surface area contributed by atoms with Gasteiger partial charge in [0.1, 0.15) is 13.2 Å². The zero-order valence-electron chi connectivity index (χ0n) is 17.8. The molecule has 1 aliphatic heterocycles. The molecule has 1 amide bonds. The highest BCUT2D eigenvalue weighted by Crippen LogP contribution is 2.33. The van der Waals surface area contributed by atoms with E-state index < -0.39 is 27.4 Å². The summed E-state index contributed by atoms with van der Waals surface area (Å²) in [6.45, 7) is 4.32. The lowest BCUT2D eigenvalue weighted by Gasteiger charge is -2.24. The average Bonchev–Trinajstić information content (AvgIpc) is 2.76. The van der Waals surface area contributed by atoms with Crippen LogP contribution >= 0.6 is 0 Å². The maximum absolute atomic E-state index is 13.3. The topological polar surface area (TPSA) is 128 Å². The lowest BCUT2D eigenvalue weighted by atomic mass is 10.1. The molecule has 1 heterocycles. The van der Waals surface area contributed by atoms with Crippen LogP contribution in [-0.4, -0.2) is 49.9 Å². The molecule has 0 unspecified atom stereocenters. The molecule has 0 aliphatic carbocycles. The number of ether oxygens (including phenoxy) is 2. The number of carbonyl (C=O) groups is 1. The van der Waals surface area contributed by atoms with Crippen molar-refractivity contribution in [2.24, 2.45) is 5.92 Å². The summed E-state index contributed by atoms with van der Waals surface area (Å²) in [5.41, 5.74) is 0.0353. The molecule has 2 aromatic carbocycles. The number of benzene rings is 2. The number of sulfonamides is 1. The van der Waals surface area contributed by atoms with Crippen molar-refractivity contribution < 1.29 is 27.6 Å².